The van der Waals surface area contributed by atoms with Crippen molar-refractivity contribution in [1.82, 2.24) is 9.47 Å². The van der Waals surface area contributed by atoms with E-state index in [-0.39, 0.29) is 17.7 Å². The Labute approximate surface area is 147 Å². The van der Waals surface area contributed by atoms with Crippen LogP contribution in [0.15, 0.2) is 42.6 Å². The minimum atomic E-state index is -0.205. The van der Waals surface area contributed by atoms with E-state index in [1.54, 1.807) is 10.6 Å². The van der Waals surface area contributed by atoms with Gasteiger partial charge in [0.05, 0.1) is 5.92 Å². The van der Waals surface area contributed by atoms with E-state index in [1.807, 2.05) is 43.6 Å². The van der Waals surface area contributed by atoms with E-state index in [1.165, 1.54) is 0 Å². The topological polar surface area (TPSA) is 80.4 Å². The van der Waals surface area contributed by atoms with Crippen LogP contribution < -0.4 is 11.1 Å². The number of aromatic nitrogens is 1. The van der Waals surface area contributed by atoms with Crippen LogP contribution in [-0.2, 0) is 18.4 Å². The van der Waals surface area contributed by atoms with Gasteiger partial charge < -0.3 is 15.6 Å². The minimum Gasteiger partial charge on any atom is -0.369 e. The average Bonchev–Trinajstić information content (AvgIpc) is 3.03. The van der Waals surface area contributed by atoms with Crippen molar-refractivity contribution in [2.24, 2.45) is 18.7 Å². The molecule has 0 saturated carbocycles. The van der Waals surface area contributed by atoms with Gasteiger partial charge in [-0.1, -0.05) is 12.1 Å². The van der Waals surface area contributed by atoms with Crippen molar-refractivity contribution in [2.75, 3.05) is 18.4 Å². The highest BCUT2D eigenvalue weighted by atomic mass is 16.2. The van der Waals surface area contributed by atoms with Crippen molar-refractivity contribution in [1.29, 1.82) is 0 Å². The Kier molecular flexibility index (Phi) is 5.19. The maximum Gasteiger partial charge on any atom is 0.272 e. The van der Waals surface area contributed by atoms with E-state index in [4.69, 9.17) is 5.73 Å². The third kappa shape index (κ3) is 4.28. The second-order valence-corrected chi connectivity index (χ2v) is 6.63. The number of nitrogens with zero attached hydrogens (tertiary/aromatic N) is 2. The van der Waals surface area contributed by atoms with Crippen LogP contribution in [0.4, 0.5) is 5.69 Å². The van der Waals surface area contributed by atoms with Crippen LogP contribution >= 0.6 is 0 Å². The Bertz CT molecular complexity index is 751. The molecule has 0 spiro atoms. The van der Waals surface area contributed by atoms with Gasteiger partial charge in [-0.15, -0.1) is 0 Å². The molecule has 2 aromatic rings. The number of nitrogens with one attached hydrogen (secondary N) is 1. The summed E-state index contributed by atoms with van der Waals surface area (Å²) in [4.78, 5) is 25.8. The summed E-state index contributed by atoms with van der Waals surface area (Å²) in [5.41, 5.74) is 7.97. The predicted molar refractivity (Wildman–Crippen MR) is 97.0 cm³/mol. The molecule has 0 unspecified atom stereocenters. The Hall–Kier alpha value is -2.60. The Morgan fingerprint density at radius 1 is 1.24 bits per heavy atom. The van der Waals surface area contributed by atoms with E-state index in [0.717, 1.165) is 43.7 Å². The molecule has 2 amide bonds. The number of nitrogens with two attached hydrogens (primary N) is 1. The van der Waals surface area contributed by atoms with E-state index in [9.17, 15) is 9.59 Å². The van der Waals surface area contributed by atoms with Gasteiger partial charge in [-0.05, 0) is 49.2 Å². The molecule has 0 radical (unpaired) electrons. The fourth-order valence-electron chi connectivity index (χ4n) is 3.28. The highest BCUT2D eigenvalue weighted by Gasteiger charge is 2.23. The Morgan fingerprint density at radius 3 is 2.64 bits per heavy atom. The lowest BCUT2D eigenvalue weighted by Gasteiger charge is -2.31. The molecule has 1 atom stereocenters. The number of anilines is 1. The minimum absolute atomic E-state index is 0.0439. The molecule has 0 bridgehead atoms. The standard InChI is InChI=1S/C19H24N4O2/c1-22-10-3-5-17(22)19(25)21-16-8-6-14(7-9-16)12-23-11-2-4-15(13-23)18(20)24/h3,5-10,15H,2,4,11-13H2,1H3,(H2,20,24)(H,21,25)/t15-/m0/s1. The number of amides is 2. The number of carbonyl (C=O) groups excluding carboxylic acids is 2. The van der Waals surface area contributed by atoms with Crippen LogP contribution in [0.3, 0.4) is 0 Å². The number of hydrogen-bond donors (Lipinski definition) is 2. The van der Waals surface area contributed by atoms with Crippen LogP contribution in [0.25, 0.3) is 0 Å². The molecule has 6 heteroatoms. The fraction of sp³-hybridized carbons (Fsp3) is 0.368. The number of benzene rings is 1. The summed E-state index contributed by atoms with van der Waals surface area (Å²) in [6.07, 6.45) is 3.73. The van der Waals surface area contributed by atoms with Gasteiger partial charge in [-0.2, -0.15) is 0 Å². The lowest BCUT2D eigenvalue weighted by molar-refractivity contribution is -0.123. The molecule has 0 aliphatic carbocycles. The fourth-order valence-corrected chi connectivity index (χ4v) is 3.28. The summed E-state index contributed by atoms with van der Waals surface area (Å²) in [7, 11) is 1.84. The van der Waals surface area contributed by atoms with Crippen molar-refractivity contribution < 1.29 is 9.59 Å². The number of likely N-dealkylation sites (tertiary alicyclic amines) is 1. The summed E-state index contributed by atoms with van der Waals surface area (Å²) in [6, 6.07) is 11.5. The first kappa shape index (κ1) is 17.2. The van der Waals surface area contributed by atoms with Gasteiger partial charge in [0.2, 0.25) is 5.91 Å². The first-order valence-electron chi connectivity index (χ1n) is 8.56. The number of piperidine rings is 1. The smallest absolute Gasteiger partial charge is 0.272 e. The molecule has 1 aromatic heterocycles. The molecule has 132 valence electrons. The van der Waals surface area contributed by atoms with Gasteiger partial charge in [-0.3, -0.25) is 14.5 Å². The highest BCUT2D eigenvalue weighted by Crippen LogP contribution is 2.19. The number of hydrogen-bond acceptors (Lipinski definition) is 3. The number of aryl methyl sites for hydroxylation is 1. The second kappa shape index (κ2) is 7.53. The molecule has 1 fully saturated rings. The van der Waals surface area contributed by atoms with E-state index < -0.39 is 0 Å². The maximum absolute atomic E-state index is 12.2. The van der Waals surface area contributed by atoms with Crippen molar-refractivity contribution >= 4 is 17.5 Å². The Balaban J connectivity index is 1.58. The summed E-state index contributed by atoms with van der Waals surface area (Å²) in [5, 5.41) is 2.90. The maximum atomic E-state index is 12.2. The molecule has 25 heavy (non-hydrogen) atoms. The number of rotatable bonds is 5. The van der Waals surface area contributed by atoms with Gasteiger partial charge in [0.25, 0.3) is 5.91 Å². The van der Waals surface area contributed by atoms with E-state index in [0.29, 0.717) is 5.69 Å². The molecule has 1 aliphatic rings. The first-order chi connectivity index (χ1) is 12.0. The monoisotopic (exact) mass is 340 g/mol. The predicted octanol–water partition coefficient (Wildman–Crippen LogP) is 1.97. The molecular weight excluding hydrogens is 316 g/mol. The van der Waals surface area contributed by atoms with Crippen LogP contribution in [0.2, 0.25) is 0 Å². The highest BCUT2D eigenvalue weighted by molar-refractivity contribution is 6.03. The normalized spacial score (nSPS) is 18.0. The van der Waals surface area contributed by atoms with Crippen molar-refractivity contribution in [3.8, 4) is 0 Å². The lowest BCUT2D eigenvalue weighted by Crippen LogP contribution is -2.40. The van der Waals surface area contributed by atoms with Crippen LogP contribution in [0.1, 0.15) is 28.9 Å². The number of primary amides is 1. The molecule has 6 nitrogen and oxygen atoms in total. The van der Waals surface area contributed by atoms with Gasteiger partial charge >= 0.3 is 0 Å². The van der Waals surface area contributed by atoms with Gasteiger partial charge in [0.15, 0.2) is 0 Å². The third-order valence-corrected chi connectivity index (χ3v) is 4.70. The van der Waals surface area contributed by atoms with Gasteiger partial charge in [0.1, 0.15) is 5.69 Å². The molecule has 1 saturated heterocycles. The summed E-state index contributed by atoms with van der Waals surface area (Å²) in [6.45, 7) is 2.49. The second-order valence-electron chi connectivity index (χ2n) is 6.63. The summed E-state index contributed by atoms with van der Waals surface area (Å²) < 4.78 is 1.79. The van der Waals surface area contributed by atoms with Crippen molar-refractivity contribution in [3.63, 3.8) is 0 Å². The van der Waals surface area contributed by atoms with Crippen LogP contribution in [0, 0.1) is 5.92 Å². The molecular formula is C19H24N4O2. The summed E-state index contributed by atoms with van der Waals surface area (Å²) >= 11 is 0. The zero-order valence-corrected chi connectivity index (χ0v) is 14.4. The molecule has 1 aromatic carbocycles. The lowest BCUT2D eigenvalue weighted by atomic mass is 9.97. The molecule has 3 N–H and O–H groups in total. The van der Waals surface area contributed by atoms with E-state index in [2.05, 4.69) is 10.2 Å². The van der Waals surface area contributed by atoms with Crippen molar-refractivity contribution in [2.45, 2.75) is 19.4 Å². The average molecular weight is 340 g/mol. The van der Waals surface area contributed by atoms with E-state index >= 15 is 0 Å². The summed E-state index contributed by atoms with van der Waals surface area (Å²) in [5.74, 6) is -0.374. The SMILES string of the molecule is Cn1cccc1C(=O)Nc1ccc(CN2CCC[C@H](C(N)=O)C2)cc1. The number of carbonyl (C=O) groups is 2. The zero-order valence-electron chi connectivity index (χ0n) is 14.4. The first-order valence-corrected chi connectivity index (χ1v) is 8.56. The largest absolute Gasteiger partial charge is 0.369 e. The molecule has 2 heterocycles. The van der Waals surface area contributed by atoms with Crippen LogP contribution in [-0.4, -0.2) is 34.4 Å². The third-order valence-electron chi connectivity index (χ3n) is 4.70. The quantitative estimate of drug-likeness (QED) is 0.873. The molecule has 3 rings (SSSR count). The van der Waals surface area contributed by atoms with Crippen LogP contribution in [0.5, 0.6) is 0 Å². The molecule has 1 aliphatic heterocycles. The van der Waals surface area contributed by atoms with Gasteiger partial charge in [0, 0.05) is 32.0 Å². The van der Waals surface area contributed by atoms with Gasteiger partial charge in [-0.25, -0.2) is 0 Å². The van der Waals surface area contributed by atoms with Crippen molar-refractivity contribution in [3.05, 3.63) is 53.9 Å². The Morgan fingerprint density at radius 2 is 2.00 bits per heavy atom. The zero-order chi connectivity index (χ0) is 17.8.